The molecule has 2 aromatic heterocycles. The first kappa shape index (κ1) is 22.3. The Balaban J connectivity index is 1.77. The van der Waals surface area contributed by atoms with Crippen LogP contribution in [-0.4, -0.2) is 38.9 Å². The second-order valence-electron chi connectivity index (χ2n) is 8.70. The van der Waals surface area contributed by atoms with Gasteiger partial charge in [-0.05, 0) is 67.3 Å². The Kier molecular flexibility index (Phi) is 5.36. The number of hydrogen-bond donors (Lipinski definition) is 2. The summed E-state index contributed by atoms with van der Waals surface area (Å²) in [5.74, 6) is -1.26. The van der Waals surface area contributed by atoms with Gasteiger partial charge in [0.15, 0.2) is 0 Å². The summed E-state index contributed by atoms with van der Waals surface area (Å²) in [6, 6.07) is 11.9. The van der Waals surface area contributed by atoms with E-state index >= 15 is 0 Å². The van der Waals surface area contributed by atoms with Gasteiger partial charge in [-0.15, -0.1) is 0 Å². The molecule has 0 spiro atoms. The molecule has 1 atom stereocenters. The topological polar surface area (TPSA) is 108 Å². The van der Waals surface area contributed by atoms with Crippen LogP contribution in [0.1, 0.15) is 33.9 Å². The monoisotopic (exact) mass is 468 g/mol. The molecule has 1 aliphatic heterocycles. The Morgan fingerprint density at radius 1 is 1.09 bits per heavy atom. The van der Waals surface area contributed by atoms with Crippen molar-refractivity contribution < 1.29 is 19.4 Å². The summed E-state index contributed by atoms with van der Waals surface area (Å²) >= 11 is 0. The highest BCUT2D eigenvalue weighted by Crippen LogP contribution is 2.43. The van der Waals surface area contributed by atoms with Crippen LogP contribution in [0.2, 0.25) is 0 Å². The third-order valence-corrected chi connectivity index (χ3v) is 6.18. The number of aliphatic hydroxyl groups excluding tert-OH is 1. The van der Waals surface area contributed by atoms with E-state index in [0.29, 0.717) is 22.4 Å². The number of hydrogen-bond acceptors (Lipinski definition) is 6. The third-order valence-electron chi connectivity index (χ3n) is 6.18. The molecule has 1 aliphatic rings. The molecule has 0 saturated carbocycles. The quantitative estimate of drug-likeness (QED) is 0.259. The molecule has 1 amide bonds. The summed E-state index contributed by atoms with van der Waals surface area (Å²) < 4.78 is 5.54. The number of benzene rings is 2. The van der Waals surface area contributed by atoms with Crippen LogP contribution in [0.25, 0.3) is 16.8 Å². The molecule has 0 bridgehead atoms. The normalized spacial score (nSPS) is 17.4. The van der Waals surface area contributed by atoms with Gasteiger partial charge in [0, 0.05) is 12.4 Å². The number of aryl methyl sites for hydroxylation is 3. The summed E-state index contributed by atoms with van der Waals surface area (Å²) in [5.41, 5.74) is 4.96. The van der Waals surface area contributed by atoms with E-state index in [1.165, 1.54) is 12.0 Å². The SMILES string of the molecule is COc1c(C)cc(C)cc1/C(O)=C1\C(=O)C(=O)N(c2nc3ccc(C)cc3[nH]2)C1c1cccnc1. The van der Waals surface area contributed by atoms with E-state index in [4.69, 9.17) is 4.74 Å². The fourth-order valence-corrected chi connectivity index (χ4v) is 4.67. The van der Waals surface area contributed by atoms with E-state index in [-0.39, 0.29) is 17.3 Å². The molecule has 4 aromatic rings. The number of nitrogens with one attached hydrogen (secondary N) is 1. The van der Waals surface area contributed by atoms with Gasteiger partial charge in [-0.25, -0.2) is 4.98 Å². The average Bonchev–Trinajstić information content (AvgIpc) is 3.36. The van der Waals surface area contributed by atoms with Crippen LogP contribution in [0, 0.1) is 20.8 Å². The fourth-order valence-electron chi connectivity index (χ4n) is 4.67. The zero-order valence-corrected chi connectivity index (χ0v) is 19.8. The number of methoxy groups -OCH3 is 1. The fraction of sp³-hybridized carbons (Fsp3) is 0.185. The third kappa shape index (κ3) is 3.63. The number of rotatable bonds is 4. The number of ketones is 1. The largest absolute Gasteiger partial charge is 0.507 e. The van der Waals surface area contributed by atoms with Gasteiger partial charge < -0.3 is 14.8 Å². The first-order chi connectivity index (χ1) is 16.8. The predicted molar refractivity (Wildman–Crippen MR) is 132 cm³/mol. The Morgan fingerprint density at radius 3 is 2.60 bits per heavy atom. The minimum atomic E-state index is -0.934. The average molecular weight is 469 g/mol. The van der Waals surface area contributed by atoms with Crippen LogP contribution in [0.5, 0.6) is 5.75 Å². The first-order valence-electron chi connectivity index (χ1n) is 11.1. The van der Waals surface area contributed by atoms with Gasteiger partial charge in [-0.3, -0.25) is 19.5 Å². The number of imidazole rings is 1. The Labute approximate surface area is 201 Å². The zero-order valence-electron chi connectivity index (χ0n) is 19.8. The van der Waals surface area contributed by atoms with Gasteiger partial charge in [-0.1, -0.05) is 18.2 Å². The van der Waals surface area contributed by atoms with Crippen LogP contribution >= 0.6 is 0 Å². The molecule has 0 aliphatic carbocycles. The molecule has 176 valence electrons. The van der Waals surface area contributed by atoms with Crippen molar-refractivity contribution in [2.75, 3.05) is 12.0 Å². The molecule has 2 aromatic carbocycles. The number of Topliss-reactive ketones (excluding diaryl/α,β-unsaturated/α-hetero) is 1. The van der Waals surface area contributed by atoms with Gasteiger partial charge in [0.05, 0.1) is 35.3 Å². The maximum atomic E-state index is 13.4. The molecule has 8 nitrogen and oxygen atoms in total. The van der Waals surface area contributed by atoms with E-state index in [0.717, 1.165) is 22.2 Å². The van der Waals surface area contributed by atoms with Crippen LogP contribution in [0.3, 0.4) is 0 Å². The number of ether oxygens (including phenoxy) is 1. The molecule has 3 heterocycles. The first-order valence-corrected chi connectivity index (χ1v) is 11.1. The number of pyridine rings is 1. The molecule has 8 heteroatoms. The minimum Gasteiger partial charge on any atom is -0.507 e. The second kappa shape index (κ2) is 8.39. The molecule has 1 unspecified atom stereocenters. The molecular formula is C27H24N4O4. The lowest BCUT2D eigenvalue weighted by Crippen LogP contribution is -2.30. The van der Waals surface area contributed by atoms with Gasteiger partial charge >= 0.3 is 5.91 Å². The summed E-state index contributed by atoms with van der Waals surface area (Å²) in [4.78, 5) is 40.0. The zero-order chi connectivity index (χ0) is 24.9. The number of amides is 1. The molecule has 1 saturated heterocycles. The summed E-state index contributed by atoms with van der Waals surface area (Å²) in [6.07, 6.45) is 3.18. The number of aliphatic hydroxyl groups is 1. The van der Waals surface area contributed by atoms with Crippen molar-refractivity contribution in [3.05, 3.63) is 88.2 Å². The van der Waals surface area contributed by atoms with Crippen LogP contribution < -0.4 is 9.64 Å². The number of aromatic nitrogens is 3. The van der Waals surface area contributed by atoms with Gasteiger partial charge in [0.2, 0.25) is 5.95 Å². The lowest BCUT2D eigenvalue weighted by molar-refractivity contribution is -0.132. The second-order valence-corrected chi connectivity index (χ2v) is 8.70. The van der Waals surface area contributed by atoms with E-state index in [1.807, 2.05) is 45.0 Å². The Bertz CT molecular complexity index is 1520. The number of carbonyl (C=O) groups excluding carboxylic acids is 2. The summed E-state index contributed by atoms with van der Waals surface area (Å²) in [7, 11) is 1.50. The van der Waals surface area contributed by atoms with Crippen molar-refractivity contribution in [3.63, 3.8) is 0 Å². The van der Waals surface area contributed by atoms with Crippen LogP contribution in [0.4, 0.5) is 5.95 Å². The highest BCUT2D eigenvalue weighted by Gasteiger charge is 2.48. The van der Waals surface area contributed by atoms with Crippen molar-refractivity contribution in [1.82, 2.24) is 15.0 Å². The molecule has 2 N–H and O–H groups in total. The Hall–Kier alpha value is -4.46. The van der Waals surface area contributed by atoms with Gasteiger partial charge in [0.1, 0.15) is 11.5 Å². The lowest BCUT2D eigenvalue weighted by atomic mass is 9.94. The lowest BCUT2D eigenvalue weighted by Gasteiger charge is -2.23. The number of H-pyrrole nitrogens is 1. The van der Waals surface area contributed by atoms with Crippen molar-refractivity contribution in [2.24, 2.45) is 0 Å². The Morgan fingerprint density at radius 2 is 1.89 bits per heavy atom. The molecule has 35 heavy (non-hydrogen) atoms. The van der Waals surface area contributed by atoms with E-state index in [9.17, 15) is 14.7 Å². The van der Waals surface area contributed by atoms with Crippen LogP contribution in [0.15, 0.2) is 60.4 Å². The smallest absolute Gasteiger partial charge is 0.302 e. The predicted octanol–water partition coefficient (Wildman–Crippen LogP) is 4.52. The number of carbonyl (C=O) groups is 2. The number of aromatic amines is 1. The molecule has 5 rings (SSSR count). The maximum Gasteiger partial charge on any atom is 0.302 e. The summed E-state index contributed by atoms with van der Waals surface area (Å²) in [6.45, 7) is 5.70. The molecule has 1 fully saturated rings. The standard InChI is InChI=1S/C27H24N4O4/c1-14-7-8-19-20(12-14)30-27(29-19)31-22(17-6-5-9-28-13-17)21(24(33)26(31)34)23(32)18-11-15(2)10-16(3)25(18)35-4/h5-13,22,32H,1-4H3,(H,29,30)/b23-21+. The number of anilines is 1. The van der Waals surface area contributed by atoms with E-state index in [1.54, 1.807) is 30.6 Å². The number of fused-ring (bicyclic) bond motifs is 1. The summed E-state index contributed by atoms with van der Waals surface area (Å²) in [5, 5.41) is 11.5. The highest BCUT2D eigenvalue weighted by atomic mass is 16.5. The van der Waals surface area contributed by atoms with Crippen molar-refractivity contribution >= 4 is 34.4 Å². The van der Waals surface area contributed by atoms with Crippen LogP contribution in [-0.2, 0) is 9.59 Å². The molecule has 0 radical (unpaired) electrons. The van der Waals surface area contributed by atoms with Crippen molar-refractivity contribution in [3.8, 4) is 5.75 Å². The van der Waals surface area contributed by atoms with E-state index in [2.05, 4.69) is 15.0 Å². The van der Waals surface area contributed by atoms with E-state index < -0.39 is 17.7 Å². The van der Waals surface area contributed by atoms with Crippen molar-refractivity contribution in [1.29, 1.82) is 0 Å². The van der Waals surface area contributed by atoms with Crippen molar-refractivity contribution in [2.45, 2.75) is 26.8 Å². The maximum absolute atomic E-state index is 13.4. The van der Waals surface area contributed by atoms with Gasteiger partial charge in [0.25, 0.3) is 5.78 Å². The highest BCUT2D eigenvalue weighted by molar-refractivity contribution is 6.51. The number of nitrogens with zero attached hydrogens (tertiary/aromatic N) is 3. The van der Waals surface area contributed by atoms with Gasteiger partial charge in [-0.2, -0.15) is 0 Å². The minimum absolute atomic E-state index is 0.0528. The molecular weight excluding hydrogens is 444 g/mol.